The molecule has 1 saturated heterocycles. The molecule has 3 aromatic carbocycles. The Kier molecular flexibility index (Phi) is 7.82. The first-order valence-corrected chi connectivity index (χ1v) is 15.9. The lowest BCUT2D eigenvalue weighted by atomic mass is 10.1. The third kappa shape index (κ3) is 5.83. The first-order chi connectivity index (χ1) is 19.1. The fraction of sp³-hybridized carbons (Fsp3) is 0.233. The van der Waals surface area contributed by atoms with Crippen LogP contribution in [0.15, 0.2) is 107 Å². The van der Waals surface area contributed by atoms with E-state index in [0.29, 0.717) is 9.46 Å². The van der Waals surface area contributed by atoms with Crippen molar-refractivity contribution in [3.63, 3.8) is 0 Å². The monoisotopic (exact) mass is 577 g/mol. The van der Waals surface area contributed by atoms with Crippen molar-refractivity contribution in [2.45, 2.75) is 42.6 Å². The predicted molar refractivity (Wildman–Crippen MR) is 156 cm³/mol. The number of piperidine rings is 1. The Labute approximate surface area is 236 Å². The number of aryl methyl sites for hydroxylation is 2. The molecule has 0 N–H and O–H groups in total. The highest BCUT2D eigenvalue weighted by molar-refractivity contribution is 8.10. The number of hydrogen-bond donors (Lipinski definition) is 0. The summed E-state index contributed by atoms with van der Waals surface area (Å²) in [4.78, 5) is 6.13. The van der Waals surface area contributed by atoms with Gasteiger partial charge >= 0.3 is 0 Å². The molecule has 5 rings (SSSR count). The molecule has 0 atom stereocenters. The van der Waals surface area contributed by atoms with E-state index in [4.69, 9.17) is 4.74 Å². The Morgan fingerprint density at radius 1 is 0.700 bits per heavy atom. The molecule has 2 heterocycles. The van der Waals surface area contributed by atoms with Crippen molar-refractivity contribution in [3.8, 4) is 5.75 Å². The van der Waals surface area contributed by atoms with Crippen LogP contribution in [0.3, 0.4) is 0 Å². The molecule has 8 nitrogen and oxygen atoms in total. The molecule has 0 bridgehead atoms. The largest absolute Gasteiger partial charge is 0.490 e. The van der Waals surface area contributed by atoms with Crippen LogP contribution < -0.4 is 13.3 Å². The Morgan fingerprint density at radius 3 is 1.65 bits per heavy atom. The quantitative estimate of drug-likeness (QED) is 0.279. The number of nitrogens with zero attached hydrogens (tertiary/aromatic N) is 3. The van der Waals surface area contributed by atoms with Gasteiger partial charge in [-0.05, 0) is 74.5 Å². The molecule has 0 aliphatic carbocycles. The third-order valence-corrected chi connectivity index (χ3v) is 11.1. The molecular formula is C30H31N3O5S2. The van der Waals surface area contributed by atoms with Gasteiger partial charge in [-0.15, -0.1) is 0 Å². The molecule has 0 spiro atoms. The molecule has 1 aliphatic rings. The first-order valence-electron chi connectivity index (χ1n) is 13.0. The number of hydrogen-bond acceptors (Lipinski definition) is 7. The minimum absolute atomic E-state index is 0.000932. The molecule has 1 fully saturated rings. The smallest absolute Gasteiger partial charge is 0.277 e. The summed E-state index contributed by atoms with van der Waals surface area (Å²) in [5, 5.41) is 0. The fourth-order valence-electron chi connectivity index (χ4n) is 4.64. The molecule has 0 saturated carbocycles. The molecule has 0 unspecified atom stereocenters. The standard InChI is InChI=1S/C30H31N3O5S2/c1-23-3-11-29(12-4-23)39(34,35)33(40(36,37)30-13-5-24(2)6-14-30)26-7-9-27(10-8-26)38-28-17-21-32(22-18-28)25-15-19-31-20-16-25/h3-16,19-20,28H,17-18,21-22H2,1-2H3. The van der Waals surface area contributed by atoms with Crippen LogP contribution >= 0.6 is 0 Å². The topological polar surface area (TPSA) is 96.9 Å². The van der Waals surface area contributed by atoms with E-state index in [1.165, 1.54) is 36.4 Å². The second kappa shape index (κ2) is 11.3. The van der Waals surface area contributed by atoms with Crippen LogP contribution in [0.4, 0.5) is 11.4 Å². The average Bonchev–Trinajstić information content (AvgIpc) is 2.95. The van der Waals surface area contributed by atoms with Gasteiger partial charge in [0.25, 0.3) is 20.0 Å². The highest BCUT2D eigenvalue weighted by Gasteiger charge is 2.37. The number of aromatic nitrogens is 1. The van der Waals surface area contributed by atoms with Gasteiger partial charge in [-0.25, -0.2) is 16.8 Å². The number of ether oxygens (including phenoxy) is 1. The summed E-state index contributed by atoms with van der Waals surface area (Å²) in [6, 6.07) is 22.4. The Morgan fingerprint density at radius 2 is 1.18 bits per heavy atom. The summed E-state index contributed by atoms with van der Waals surface area (Å²) < 4.78 is 61.8. The number of benzene rings is 3. The normalized spacial score (nSPS) is 14.6. The Balaban J connectivity index is 1.40. The van der Waals surface area contributed by atoms with E-state index in [1.54, 1.807) is 48.8 Å². The molecule has 0 amide bonds. The summed E-state index contributed by atoms with van der Waals surface area (Å²) in [6.07, 6.45) is 5.19. The van der Waals surface area contributed by atoms with Gasteiger partial charge in [0.15, 0.2) is 0 Å². The lowest BCUT2D eigenvalue weighted by Crippen LogP contribution is -2.38. The predicted octanol–water partition coefficient (Wildman–Crippen LogP) is 5.33. The lowest BCUT2D eigenvalue weighted by Gasteiger charge is -2.33. The Bertz CT molecular complexity index is 1580. The summed E-state index contributed by atoms with van der Waals surface area (Å²) in [5.74, 6) is 0.548. The van der Waals surface area contributed by atoms with Gasteiger partial charge < -0.3 is 9.64 Å². The van der Waals surface area contributed by atoms with Crippen LogP contribution in [0.25, 0.3) is 0 Å². The molecule has 1 aromatic heterocycles. The second-order valence-corrected chi connectivity index (χ2v) is 13.6. The van der Waals surface area contributed by atoms with Crippen molar-refractivity contribution in [1.29, 1.82) is 0 Å². The van der Waals surface area contributed by atoms with Crippen LogP contribution in [0.2, 0.25) is 0 Å². The van der Waals surface area contributed by atoms with Gasteiger partial charge in [-0.2, -0.15) is 3.71 Å². The van der Waals surface area contributed by atoms with Crippen LogP contribution in [-0.4, -0.2) is 41.0 Å². The van der Waals surface area contributed by atoms with E-state index in [0.717, 1.165) is 42.7 Å². The van der Waals surface area contributed by atoms with Crippen molar-refractivity contribution < 1.29 is 21.6 Å². The zero-order chi connectivity index (χ0) is 28.3. The second-order valence-electron chi connectivity index (χ2n) is 9.84. The van der Waals surface area contributed by atoms with E-state index >= 15 is 0 Å². The van der Waals surface area contributed by atoms with E-state index in [9.17, 15) is 16.8 Å². The van der Waals surface area contributed by atoms with Crippen molar-refractivity contribution in [2.24, 2.45) is 0 Å². The van der Waals surface area contributed by atoms with Crippen molar-refractivity contribution in [2.75, 3.05) is 21.7 Å². The molecule has 208 valence electrons. The average molecular weight is 578 g/mol. The third-order valence-electron chi connectivity index (χ3n) is 6.89. The van der Waals surface area contributed by atoms with E-state index in [2.05, 4.69) is 9.88 Å². The van der Waals surface area contributed by atoms with Crippen LogP contribution in [0.5, 0.6) is 5.75 Å². The van der Waals surface area contributed by atoms with E-state index in [-0.39, 0.29) is 21.6 Å². The van der Waals surface area contributed by atoms with Gasteiger partial charge in [0.1, 0.15) is 11.9 Å². The molecule has 40 heavy (non-hydrogen) atoms. The maximum Gasteiger partial charge on any atom is 0.277 e. The van der Waals surface area contributed by atoms with Gasteiger partial charge in [0, 0.05) is 44.0 Å². The SMILES string of the molecule is Cc1ccc(S(=O)(=O)N(c2ccc(OC3CCN(c4ccncc4)CC3)cc2)S(=O)(=O)c2ccc(C)cc2)cc1. The van der Waals surface area contributed by atoms with Crippen LogP contribution in [-0.2, 0) is 20.0 Å². The number of sulfonamides is 2. The van der Waals surface area contributed by atoms with Gasteiger partial charge in [0.05, 0.1) is 15.5 Å². The minimum atomic E-state index is -4.46. The summed E-state index contributed by atoms with van der Waals surface area (Å²) in [5.41, 5.74) is 2.85. The lowest BCUT2D eigenvalue weighted by molar-refractivity contribution is 0.171. The molecule has 0 radical (unpaired) electrons. The fourth-order valence-corrected chi connectivity index (χ4v) is 8.34. The summed E-state index contributed by atoms with van der Waals surface area (Å²) >= 11 is 0. The Hall–Kier alpha value is -3.89. The van der Waals surface area contributed by atoms with Crippen LogP contribution in [0, 0.1) is 13.8 Å². The number of anilines is 2. The summed E-state index contributed by atoms with van der Waals surface area (Å²) in [7, 11) is -8.93. The maximum atomic E-state index is 13.8. The number of rotatable bonds is 8. The summed E-state index contributed by atoms with van der Waals surface area (Å²) in [6.45, 7) is 5.34. The van der Waals surface area contributed by atoms with Gasteiger partial charge in [-0.1, -0.05) is 35.4 Å². The van der Waals surface area contributed by atoms with Crippen molar-refractivity contribution in [1.82, 2.24) is 4.98 Å². The molecular weight excluding hydrogens is 546 g/mol. The highest BCUT2D eigenvalue weighted by Crippen LogP contribution is 2.33. The molecule has 4 aromatic rings. The first kappa shape index (κ1) is 27.7. The number of pyridine rings is 1. The van der Waals surface area contributed by atoms with Gasteiger partial charge in [0.2, 0.25) is 0 Å². The maximum absolute atomic E-state index is 13.8. The van der Waals surface area contributed by atoms with Crippen molar-refractivity contribution in [3.05, 3.63) is 108 Å². The zero-order valence-electron chi connectivity index (χ0n) is 22.3. The minimum Gasteiger partial charge on any atom is -0.490 e. The van der Waals surface area contributed by atoms with Crippen molar-refractivity contribution >= 4 is 31.4 Å². The van der Waals surface area contributed by atoms with Crippen LogP contribution in [0.1, 0.15) is 24.0 Å². The molecule has 1 aliphatic heterocycles. The molecule has 10 heteroatoms. The van der Waals surface area contributed by atoms with E-state index in [1.807, 2.05) is 26.0 Å². The zero-order valence-corrected chi connectivity index (χ0v) is 24.0. The van der Waals surface area contributed by atoms with Gasteiger partial charge in [-0.3, -0.25) is 4.98 Å². The van der Waals surface area contributed by atoms with E-state index < -0.39 is 20.0 Å². The highest BCUT2D eigenvalue weighted by atomic mass is 32.3.